The van der Waals surface area contributed by atoms with Gasteiger partial charge in [-0.3, -0.25) is 4.79 Å². The van der Waals surface area contributed by atoms with Crippen molar-refractivity contribution in [3.8, 4) is 0 Å². The van der Waals surface area contributed by atoms with Crippen LogP contribution in [0.15, 0.2) is 40.2 Å². The molecule has 0 radical (unpaired) electrons. The van der Waals surface area contributed by atoms with Crippen molar-refractivity contribution >= 4 is 63.5 Å². The number of nitrogens with zero attached hydrogens (tertiary/aromatic N) is 2. The molecule has 1 unspecified atom stereocenters. The van der Waals surface area contributed by atoms with Gasteiger partial charge in [0.15, 0.2) is 5.17 Å². The number of halogens is 2. The third-order valence-corrected chi connectivity index (χ3v) is 7.81. The van der Waals surface area contributed by atoms with Gasteiger partial charge in [-0.05, 0) is 105 Å². The lowest BCUT2D eigenvalue weighted by molar-refractivity contribution is -0.115. The summed E-state index contributed by atoms with van der Waals surface area (Å²) in [6.45, 7) is 12.2. The van der Waals surface area contributed by atoms with Crippen molar-refractivity contribution in [3.05, 3.63) is 62.0 Å². The highest BCUT2D eigenvalue weighted by Crippen LogP contribution is 2.44. The zero-order valence-corrected chi connectivity index (χ0v) is 21.3. The van der Waals surface area contributed by atoms with Crippen LogP contribution in [0.5, 0.6) is 0 Å². The largest absolute Gasteiger partial charge is 0.366 e. The van der Waals surface area contributed by atoms with E-state index in [9.17, 15) is 4.79 Å². The average Bonchev–Trinajstić information content (AvgIpc) is 3.04. The summed E-state index contributed by atoms with van der Waals surface area (Å²) in [5, 5.41) is 4.28. The molecule has 2 aliphatic heterocycles. The lowest BCUT2D eigenvalue weighted by Crippen LogP contribution is -2.48. The smallest absolute Gasteiger partial charge is 0.264 e. The van der Waals surface area contributed by atoms with E-state index < -0.39 is 0 Å². The number of carbonyl (C=O) groups excluding carboxylic acids is 1. The van der Waals surface area contributed by atoms with Gasteiger partial charge in [-0.1, -0.05) is 30.1 Å². The van der Waals surface area contributed by atoms with Gasteiger partial charge in [0.05, 0.1) is 20.6 Å². The zero-order valence-electron chi connectivity index (χ0n) is 18.9. The van der Waals surface area contributed by atoms with Gasteiger partial charge in [0, 0.05) is 17.8 Å². The van der Waals surface area contributed by atoms with Crippen LogP contribution in [-0.4, -0.2) is 23.2 Å². The van der Waals surface area contributed by atoms with Crippen LogP contribution in [0.25, 0.3) is 6.08 Å². The number of thioether (sulfide) groups is 1. The first-order valence-electron chi connectivity index (χ1n) is 10.8. The minimum atomic E-state index is -0.143. The molecule has 32 heavy (non-hydrogen) atoms. The van der Waals surface area contributed by atoms with E-state index in [-0.39, 0.29) is 11.4 Å². The Hall–Kier alpha value is -1.95. The molecule has 168 valence electrons. The molecule has 4 nitrogen and oxygen atoms in total. The normalized spacial score (nSPS) is 22.4. The maximum Gasteiger partial charge on any atom is 0.264 e. The number of anilines is 1. The average molecular weight is 488 g/mol. The predicted molar refractivity (Wildman–Crippen MR) is 139 cm³/mol. The lowest BCUT2D eigenvalue weighted by atomic mass is 9.79. The summed E-state index contributed by atoms with van der Waals surface area (Å²) in [6, 6.07) is 9.67. The Morgan fingerprint density at radius 2 is 2.00 bits per heavy atom. The quantitative estimate of drug-likeness (QED) is 0.461. The Kier molecular flexibility index (Phi) is 6.36. The van der Waals surface area contributed by atoms with Gasteiger partial charge >= 0.3 is 0 Å². The van der Waals surface area contributed by atoms with E-state index in [2.05, 4.69) is 62.0 Å². The maximum atomic E-state index is 12.6. The Morgan fingerprint density at radius 3 is 2.69 bits per heavy atom. The van der Waals surface area contributed by atoms with Crippen LogP contribution in [0.3, 0.4) is 0 Å². The minimum Gasteiger partial charge on any atom is -0.366 e. The highest BCUT2D eigenvalue weighted by molar-refractivity contribution is 8.18. The molecule has 0 spiro atoms. The van der Waals surface area contributed by atoms with Gasteiger partial charge in [-0.25, -0.2) is 4.99 Å². The number of hydrogen-bond acceptors (Lipinski definition) is 4. The molecule has 2 aromatic rings. The first kappa shape index (κ1) is 23.2. The molecule has 1 N–H and O–H groups in total. The molecule has 1 fully saturated rings. The summed E-state index contributed by atoms with van der Waals surface area (Å²) in [5.74, 6) is 0.313. The second kappa shape index (κ2) is 8.77. The van der Waals surface area contributed by atoms with E-state index in [1.807, 2.05) is 6.08 Å². The first-order valence-corrected chi connectivity index (χ1v) is 12.3. The van der Waals surface area contributed by atoms with E-state index in [0.29, 0.717) is 31.7 Å². The summed E-state index contributed by atoms with van der Waals surface area (Å²) in [5.41, 5.74) is 5.65. The topological polar surface area (TPSA) is 44.7 Å². The predicted octanol–water partition coefficient (Wildman–Crippen LogP) is 7.31. The molecule has 7 heteroatoms. The number of aliphatic imine (C=N–C) groups is 1. The molecule has 1 saturated heterocycles. The SMILES string of the molecule is CCN1c2cc(C)c(/C=C3/SC(=Nc4ccc(Cl)c(Cl)c4)NC3=O)cc2C(C)CC1(C)C. The van der Waals surface area contributed by atoms with Crippen LogP contribution in [0.4, 0.5) is 11.4 Å². The maximum absolute atomic E-state index is 12.6. The van der Waals surface area contributed by atoms with Crippen LogP contribution in [-0.2, 0) is 4.79 Å². The Morgan fingerprint density at radius 1 is 1.25 bits per heavy atom. The third-order valence-electron chi connectivity index (χ3n) is 6.16. The minimum absolute atomic E-state index is 0.130. The van der Waals surface area contributed by atoms with E-state index >= 15 is 0 Å². The molecule has 0 aliphatic carbocycles. The summed E-state index contributed by atoms with van der Waals surface area (Å²) in [4.78, 5) is 20.2. The number of benzene rings is 2. The van der Waals surface area contributed by atoms with E-state index in [1.54, 1.807) is 18.2 Å². The molecular formula is C25H27Cl2N3OS. The van der Waals surface area contributed by atoms with Crippen molar-refractivity contribution in [2.75, 3.05) is 11.4 Å². The van der Waals surface area contributed by atoms with Crippen molar-refractivity contribution < 1.29 is 4.79 Å². The van der Waals surface area contributed by atoms with Crippen LogP contribution in [0, 0.1) is 6.92 Å². The molecule has 0 aromatic heterocycles. The highest BCUT2D eigenvalue weighted by atomic mass is 35.5. The van der Waals surface area contributed by atoms with Crippen molar-refractivity contribution in [2.45, 2.75) is 52.5 Å². The molecule has 1 atom stereocenters. The standard InChI is InChI=1S/C25H27Cl2N3OS/c1-6-30-21-9-14(2)16(10-18(21)15(3)13-25(30,4)5)11-22-23(31)29-24(32-22)28-17-7-8-19(26)20(27)12-17/h7-12,15H,6,13H2,1-5H3,(H,28,29,31)/b22-11+. The van der Waals surface area contributed by atoms with Gasteiger partial charge in [0.25, 0.3) is 5.91 Å². The summed E-state index contributed by atoms with van der Waals surface area (Å²) in [7, 11) is 0. The Balaban J connectivity index is 1.66. The van der Waals surface area contributed by atoms with Crippen molar-refractivity contribution in [3.63, 3.8) is 0 Å². The number of amides is 1. The number of nitrogens with one attached hydrogen (secondary N) is 1. The fourth-order valence-corrected chi connectivity index (χ4v) is 5.82. The van der Waals surface area contributed by atoms with Crippen LogP contribution in [0.2, 0.25) is 10.0 Å². The molecule has 0 saturated carbocycles. The fourth-order valence-electron chi connectivity index (χ4n) is 4.70. The summed E-state index contributed by atoms with van der Waals surface area (Å²) >= 11 is 13.4. The number of fused-ring (bicyclic) bond motifs is 1. The fraction of sp³-hybridized carbons (Fsp3) is 0.360. The highest BCUT2D eigenvalue weighted by Gasteiger charge is 2.36. The molecule has 4 rings (SSSR count). The molecule has 2 aromatic carbocycles. The summed E-state index contributed by atoms with van der Waals surface area (Å²) in [6.07, 6.45) is 3.07. The zero-order chi connectivity index (χ0) is 23.2. The second-order valence-electron chi connectivity index (χ2n) is 9.01. The molecule has 1 amide bonds. The van der Waals surface area contributed by atoms with Gasteiger partial charge < -0.3 is 10.2 Å². The van der Waals surface area contributed by atoms with Crippen LogP contribution >= 0.6 is 35.0 Å². The van der Waals surface area contributed by atoms with E-state index in [0.717, 1.165) is 24.1 Å². The van der Waals surface area contributed by atoms with E-state index in [4.69, 9.17) is 23.2 Å². The Bertz CT molecular complexity index is 1160. The van der Waals surface area contributed by atoms with Gasteiger partial charge in [0.2, 0.25) is 0 Å². The summed E-state index contributed by atoms with van der Waals surface area (Å²) < 4.78 is 0. The van der Waals surface area contributed by atoms with Crippen LogP contribution in [0.1, 0.15) is 56.7 Å². The molecular weight excluding hydrogens is 461 g/mol. The van der Waals surface area contributed by atoms with Crippen molar-refractivity contribution in [1.29, 1.82) is 0 Å². The monoisotopic (exact) mass is 487 g/mol. The number of aryl methyl sites for hydroxylation is 1. The van der Waals surface area contributed by atoms with Crippen LogP contribution < -0.4 is 10.2 Å². The van der Waals surface area contributed by atoms with Gasteiger partial charge in [-0.2, -0.15) is 0 Å². The van der Waals surface area contributed by atoms with Gasteiger partial charge in [-0.15, -0.1) is 0 Å². The molecule has 2 aliphatic rings. The number of rotatable bonds is 3. The Labute approximate surface area is 204 Å². The van der Waals surface area contributed by atoms with E-state index in [1.165, 1.54) is 23.0 Å². The number of amidine groups is 1. The second-order valence-corrected chi connectivity index (χ2v) is 10.9. The van der Waals surface area contributed by atoms with Gasteiger partial charge in [0.1, 0.15) is 0 Å². The van der Waals surface area contributed by atoms with Crippen molar-refractivity contribution in [1.82, 2.24) is 5.32 Å². The molecule has 0 bridgehead atoms. The lowest BCUT2D eigenvalue weighted by Gasteiger charge is -2.47. The third kappa shape index (κ3) is 4.43. The first-order chi connectivity index (χ1) is 15.1. The number of carbonyl (C=O) groups is 1. The number of hydrogen-bond donors (Lipinski definition) is 1. The van der Waals surface area contributed by atoms with Crippen molar-refractivity contribution in [2.24, 2.45) is 4.99 Å². The molecule has 2 heterocycles.